The highest BCUT2D eigenvalue weighted by Gasteiger charge is 2.20. The maximum Gasteiger partial charge on any atom is 0.0829 e. The lowest BCUT2D eigenvalue weighted by Crippen LogP contribution is -2.29. The molecule has 2 aromatic heterocycles. The normalized spacial score (nSPS) is 12.9. The molecule has 0 fully saturated rings. The molecule has 3 N–H and O–H groups in total. The SMILES string of the molecule is CC(C)c1nnsc1C(Cc1cncc(Br)c1)NN. The lowest BCUT2D eigenvalue weighted by Gasteiger charge is -2.16. The number of aromatic nitrogens is 3. The molecule has 0 saturated heterocycles. The summed E-state index contributed by atoms with van der Waals surface area (Å²) in [5.41, 5.74) is 4.98. The van der Waals surface area contributed by atoms with Crippen molar-refractivity contribution < 1.29 is 0 Å². The number of hydrogen-bond donors (Lipinski definition) is 2. The first kappa shape index (κ1) is 14.5. The van der Waals surface area contributed by atoms with E-state index in [1.165, 1.54) is 11.5 Å². The Morgan fingerprint density at radius 2 is 2.21 bits per heavy atom. The van der Waals surface area contributed by atoms with Gasteiger partial charge in [0.1, 0.15) is 0 Å². The van der Waals surface area contributed by atoms with Gasteiger partial charge in [0.15, 0.2) is 0 Å². The van der Waals surface area contributed by atoms with Crippen molar-refractivity contribution in [2.45, 2.75) is 32.2 Å². The summed E-state index contributed by atoms with van der Waals surface area (Å²) >= 11 is 4.82. The van der Waals surface area contributed by atoms with Crippen molar-refractivity contribution >= 4 is 27.5 Å². The molecule has 0 aromatic carbocycles. The summed E-state index contributed by atoms with van der Waals surface area (Å²) in [6.07, 6.45) is 4.37. The van der Waals surface area contributed by atoms with Gasteiger partial charge in [0, 0.05) is 16.9 Å². The third-order valence-corrected chi connectivity index (χ3v) is 4.09. The molecule has 0 spiro atoms. The van der Waals surface area contributed by atoms with Gasteiger partial charge in [-0.2, -0.15) is 0 Å². The summed E-state index contributed by atoms with van der Waals surface area (Å²) in [5.74, 6) is 6.03. The number of halogens is 1. The fraction of sp³-hybridized carbons (Fsp3) is 0.417. The summed E-state index contributed by atoms with van der Waals surface area (Å²) in [6.45, 7) is 4.21. The van der Waals surface area contributed by atoms with Crippen molar-refractivity contribution in [1.29, 1.82) is 0 Å². The maximum absolute atomic E-state index is 5.69. The van der Waals surface area contributed by atoms with E-state index >= 15 is 0 Å². The summed E-state index contributed by atoms with van der Waals surface area (Å²) in [4.78, 5) is 5.26. The van der Waals surface area contributed by atoms with E-state index in [4.69, 9.17) is 5.84 Å². The van der Waals surface area contributed by atoms with Crippen LogP contribution in [0.15, 0.2) is 22.9 Å². The van der Waals surface area contributed by atoms with Gasteiger partial charge >= 0.3 is 0 Å². The van der Waals surface area contributed by atoms with E-state index < -0.39 is 0 Å². The van der Waals surface area contributed by atoms with Gasteiger partial charge in [0.05, 0.1) is 16.6 Å². The van der Waals surface area contributed by atoms with Crippen LogP contribution in [0.1, 0.15) is 41.9 Å². The van der Waals surface area contributed by atoms with Crippen LogP contribution in [0.5, 0.6) is 0 Å². The van der Waals surface area contributed by atoms with Gasteiger partial charge in [-0.25, -0.2) is 0 Å². The number of pyridine rings is 1. The van der Waals surface area contributed by atoms with Crippen LogP contribution in [-0.2, 0) is 6.42 Å². The van der Waals surface area contributed by atoms with Gasteiger partial charge < -0.3 is 0 Å². The molecule has 2 aromatic rings. The Kier molecular flexibility index (Phi) is 4.98. The van der Waals surface area contributed by atoms with Crippen LogP contribution in [0, 0.1) is 0 Å². The monoisotopic (exact) mass is 341 g/mol. The van der Waals surface area contributed by atoms with Crippen molar-refractivity contribution in [3.63, 3.8) is 0 Å². The number of nitrogens with one attached hydrogen (secondary N) is 1. The lowest BCUT2D eigenvalue weighted by molar-refractivity contribution is 0.550. The standard InChI is InChI=1S/C12H16BrN5S/c1-7(2)11-12(19-18-17-11)10(16-14)4-8-3-9(13)6-15-5-8/h3,5-7,10,16H,4,14H2,1-2H3. The lowest BCUT2D eigenvalue weighted by atomic mass is 10.0. The quantitative estimate of drug-likeness (QED) is 0.645. The van der Waals surface area contributed by atoms with E-state index in [1.54, 1.807) is 6.20 Å². The second-order valence-corrected chi connectivity index (χ2v) is 6.31. The van der Waals surface area contributed by atoms with Crippen molar-refractivity contribution in [2.75, 3.05) is 0 Å². The van der Waals surface area contributed by atoms with Crippen molar-refractivity contribution in [2.24, 2.45) is 5.84 Å². The number of rotatable bonds is 5. The number of hydrazine groups is 1. The second-order valence-electron chi connectivity index (χ2n) is 4.61. The van der Waals surface area contributed by atoms with E-state index in [0.29, 0.717) is 5.92 Å². The zero-order valence-electron chi connectivity index (χ0n) is 10.8. The van der Waals surface area contributed by atoms with Crippen LogP contribution in [-0.4, -0.2) is 14.6 Å². The van der Waals surface area contributed by atoms with E-state index in [2.05, 4.69) is 49.8 Å². The highest BCUT2D eigenvalue weighted by Crippen LogP contribution is 2.28. The van der Waals surface area contributed by atoms with Gasteiger partial charge in [-0.15, -0.1) is 5.10 Å². The van der Waals surface area contributed by atoms with Crippen LogP contribution in [0.25, 0.3) is 0 Å². The summed E-state index contributed by atoms with van der Waals surface area (Å²) in [7, 11) is 0. The van der Waals surface area contributed by atoms with Crippen LogP contribution in [0.4, 0.5) is 0 Å². The average molecular weight is 342 g/mol. The van der Waals surface area contributed by atoms with Gasteiger partial charge in [-0.1, -0.05) is 18.3 Å². The van der Waals surface area contributed by atoms with Crippen LogP contribution in [0.2, 0.25) is 0 Å². The molecule has 0 radical (unpaired) electrons. The zero-order chi connectivity index (χ0) is 13.8. The summed E-state index contributed by atoms with van der Waals surface area (Å²) in [5, 5.41) is 4.19. The Balaban J connectivity index is 2.23. The molecule has 0 aliphatic carbocycles. The van der Waals surface area contributed by atoms with E-state index in [1.807, 2.05) is 12.3 Å². The topological polar surface area (TPSA) is 76.7 Å². The summed E-state index contributed by atoms with van der Waals surface area (Å²) < 4.78 is 5.01. The Morgan fingerprint density at radius 3 is 2.84 bits per heavy atom. The van der Waals surface area contributed by atoms with Gasteiger partial charge in [-0.3, -0.25) is 16.3 Å². The zero-order valence-corrected chi connectivity index (χ0v) is 13.2. The fourth-order valence-electron chi connectivity index (χ4n) is 1.88. The van der Waals surface area contributed by atoms with Gasteiger partial charge in [-0.05, 0) is 51.4 Å². The van der Waals surface area contributed by atoms with Crippen molar-refractivity contribution in [3.05, 3.63) is 39.1 Å². The van der Waals surface area contributed by atoms with Crippen molar-refractivity contribution in [1.82, 2.24) is 20.0 Å². The first-order valence-electron chi connectivity index (χ1n) is 5.99. The Labute approximate surface area is 124 Å². The highest BCUT2D eigenvalue weighted by atomic mass is 79.9. The molecule has 0 aliphatic heterocycles. The fourth-order valence-corrected chi connectivity index (χ4v) is 3.15. The van der Waals surface area contributed by atoms with E-state index in [0.717, 1.165) is 27.0 Å². The molecule has 2 heterocycles. The summed E-state index contributed by atoms with van der Waals surface area (Å²) in [6, 6.07) is 2.05. The average Bonchev–Trinajstić information content (AvgIpc) is 2.85. The molecular formula is C12H16BrN5S. The molecule has 1 atom stereocenters. The number of nitrogens with two attached hydrogens (primary N) is 1. The molecule has 5 nitrogen and oxygen atoms in total. The number of nitrogens with zero attached hydrogens (tertiary/aromatic N) is 3. The maximum atomic E-state index is 5.69. The van der Waals surface area contributed by atoms with E-state index in [-0.39, 0.29) is 6.04 Å². The number of hydrogen-bond acceptors (Lipinski definition) is 6. The highest BCUT2D eigenvalue weighted by molar-refractivity contribution is 9.10. The molecule has 1 unspecified atom stereocenters. The molecule has 0 amide bonds. The third kappa shape index (κ3) is 3.56. The first-order valence-corrected chi connectivity index (χ1v) is 7.56. The molecule has 19 heavy (non-hydrogen) atoms. The predicted molar refractivity (Wildman–Crippen MR) is 79.7 cm³/mol. The molecule has 0 bridgehead atoms. The van der Waals surface area contributed by atoms with Crippen molar-refractivity contribution in [3.8, 4) is 0 Å². The molecular weight excluding hydrogens is 326 g/mol. The second kappa shape index (κ2) is 6.51. The minimum Gasteiger partial charge on any atom is -0.271 e. The third-order valence-electron chi connectivity index (χ3n) is 2.81. The van der Waals surface area contributed by atoms with Crippen LogP contribution < -0.4 is 11.3 Å². The predicted octanol–water partition coefficient (Wildman–Crippen LogP) is 2.57. The minimum absolute atomic E-state index is 0.00787. The first-order chi connectivity index (χ1) is 9.11. The molecule has 2 rings (SSSR count). The molecule has 0 saturated carbocycles. The largest absolute Gasteiger partial charge is 0.271 e. The van der Waals surface area contributed by atoms with E-state index in [9.17, 15) is 0 Å². The van der Waals surface area contributed by atoms with Crippen LogP contribution >= 0.6 is 27.5 Å². The van der Waals surface area contributed by atoms with Crippen LogP contribution in [0.3, 0.4) is 0 Å². The molecule has 0 aliphatic rings. The Hall–Kier alpha value is -0.890. The molecule has 7 heteroatoms. The van der Waals surface area contributed by atoms with Gasteiger partial charge in [0.25, 0.3) is 0 Å². The van der Waals surface area contributed by atoms with Gasteiger partial charge in [0.2, 0.25) is 0 Å². The smallest absolute Gasteiger partial charge is 0.0829 e. The Bertz CT molecular complexity index is 542. The Morgan fingerprint density at radius 1 is 1.42 bits per heavy atom. The minimum atomic E-state index is 0.00787. The molecule has 102 valence electrons.